The van der Waals surface area contributed by atoms with Crippen molar-refractivity contribution in [1.82, 2.24) is 5.32 Å². The summed E-state index contributed by atoms with van der Waals surface area (Å²) in [6.45, 7) is 2.28. The molecular formula is C12H16N2S. The van der Waals surface area contributed by atoms with Crippen molar-refractivity contribution in [3.63, 3.8) is 0 Å². The maximum atomic E-state index is 3.70. The number of nitrogens with one attached hydrogen (secondary N) is 2. The van der Waals surface area contributed by atoms with Gasteiger partial charge in [-0.2, -0.15) is 0 Å². The molecule has 0 spiro atoms. The minimum atomic E-state index is 0.662. The van der Waals surface area contributed by atoms with Gasteiger partial charge in [0.05, 0.1) is 5.69 Å². The third-order valence-electron chi connectivity index (χ3n) is 3.49. The summed E-state index contributed by atoms with van der Waals surface area (Å²) in [6, 6.07) is 7.33. The van der Waals surface area contributed by atoms with Crippen molar-refractivity contribution in [2.24, 2.45) is 0 Å². The Morgan fingerprint density at radius 2 is 2.33 bits per heavy atom. The molecule has 2 unspecified atom stereocenters. The van der Waals surface area contributed by atoms with Crippen LogP contribution in [0.25, 0.3) is 0 Å². The first-order valence-electron chi connectivity index (χ1n) is 5.54. The van der Waals surface area contributed by atoms with Crippen LogP contribution in [0.1, 0.15) is 17.9 Å². The van der Waals surface area contributed by atoms with Crippen molar-refractivity contribution in [3.8, 4) is 0 Å². The Hall–Kier alpha value is -0.670. The van der Waals surface area contributed by atoms with Gasteiger partial charge in [0.2, 0.25) is 0 Å². The van der Waals surface area contributed by atoms with Gasteiger partial charge in [0.15, 0.2) is 0 Å². The average Bonchev–Trinajstić information content (AvgIpc) is 2.67. The van der Waals surface area contributed by atoms with Crippen LogP contribution in [0.5, 0.6) is 0 Å². The first-order valence-corrected chi connectivity index (χ1v) is 6.77. The molecule has 2 atom stereocenters. The Balaban J connectivity index is 2.03. The van der Waals surface area contributed by atoms with Gasteiger partial charge in [0.1, 0.15) is 0 Å². The number of anilines is 1. The second-order valence-corrected chi connectivity index (χ2v) is 5.12. The maximum Gasteiger partial charge on any atom is 0.0517 e. The highest BCUT2D eigenvalue weighted by molar-refractivity contribution is 7.98. The van der Waals surface area contributed by atoms with Crippen LogP contribution in [0.4, 0.5) is 5.69 Å². The lowest BCUT2D eigenvalue weighted by Crippen LogP contribution is -2.38. The maximum absolute atomic E-state index is 3.70. The summed E-state index contributed by atoms with van der Waals surface area (Å²) in [5.74, 6) is 0.681. The molecule has 3 rings (SSSR count). The van der Waals surface area contributed by atoms with Crippen molar-refractivity contribution in [3.05, 3.63) is 23.8 Å². The minimum absolute atomic E-state index is 0.662. The van der Waals surface area contributed by atoms with Gasteiger partial charge >= 0.3 is 0 Å². The highest BCUT2D eigenvalue weighted by Gasteiger charge is 2.34. The Kier molecular flexibility index (Phi) is 2.37. The Morgan fingerprint density at radius 3 is 3.20 bits per heavy atom. The highest BCUT2D eigenvalue weighted by Crippen LogP contribution is 2.42. The number of piperidine rings is 1. The first-order chi connectivity index (χ1) is 7.40. The molecule has 1 aromatic rings. The summed E-state index contributed by atoms with van der Waals surface area (Å²) >= 11 is 1.84. The van der Waals surface area contributed by atoms with Crippen molar-refractivity contribution in [1.29, 1.82) is 0 Å². The van der Waals surface area contributed by atoms with Gasteiger partial charge in [-0.05, 0) is 30.9 Å². The van der Waals surface area contributed by atoms with Crippen LogP contribution in [0.3, 0.4) is 0 Å². The zero-order valence-corrected chi connectivity index (χ0v) is 9.73. The van der Waals surface area contributed by atoms with Gasteiger partial charge in [-0.3, -0.25) is 0 Å². The van der Waals surface area contributed by atoms with Crippen LogP contribution in [0.2, 0.25) is 0 Å². The highest BCUT2D eigenvalue weighted by atomic mass is 32.2. The van der Waals surface area contributed by atoms with E-state index in [1.54, 1.807) is 0 Å². The molecule has 80 valence electrons. The summed E-state index contributed by atoms with van der Waals surface area (Å²) in [4.78, 5) is 1.39. The zero-order valence-electron chi connectivity index (χ0n) is 8.92. The summed E-state index contributed by atoms with van der Waals surface area (Å²) in [5, 5.41) is 7.18. The van der Waals surface area contributed by atoms with Crippen LogP contribution in [-0.2, 0) is 0 Å². The SMILES string of the molecule is CSc1cccc2c1NC1CCNCC21. The van der Waals surface area contributed by atoms with Gasteiger partial charge < -0.3 is 10.6 Å². The molecule has 2 nitrogen and oxygen atoms in total. The summed E-state index contributed by atoms with van der Waals surface area (Å²) in [7, 11) is 0. The van der Waals surface area contributed by atoms with Crippen molar-refractivity contribution in [2.45, 2.75) is 23.3 Å². The van der Waals surface area contributed by atoms with Crippen molar-refractivity contribution in [2.75, 3.05) is 24.7 Å². The summed E-state index contributed by atoms with van der Waals surface area (Å²) in [6.07, 6.45) is 3.39. The average molecular weight is 220 g/mol. The molecule has 0 radical (unpaired) electrons. The molecule has 2 aliphatic heterocycles. The largest absolute Gasteiger partial charge is 0.380 e. The third kappa shape index (κ3) is 1.45. The summed E-state index contributed by atoms with van der Waals surface area (Å²) < 4.78 is 0. The number of rotatable bonds is 1. The lowest BCUT2D eigenvalue weighted by molar-refractivity contribution is 0.440. The summed E-state index contributed by atoms with van der Waals surface area (Å²) in [5.41, 5.74) is 2.91. The number of hydrogen-bond donors (Lipinski definition) is 2. The topological polar surface area (TPSA) is 24.1 Å². The first kappa shape index (κ1) is 9.55. The molecular weight excluding hydrogens is 204 g/mol. The predicted molar refractivity (Wildman–Crippen MR) is 65.9 cm³/mol. The third-order valence-corrected chi connectivity index (χ3v) is 4.27. The van der Waals surface area contributed by atoms with E-state index >= 15 is 0 Å². The molecule has 0 saturated carbocycles. The Morgan fingerprint density at radius 1 is 1.40 bits per heavy atom. The molecule has 2 heterocycles. The number of benzene rings is 1. The molecule has 2 aliphatic rings. The molecule has 15 heavy (non-hydrogen) atoms. The van der Waals surface area contributed by atoms with Gasteiger partial charge in [0.25, 0.3) is 0 Å². The van der Waals surface area contributed by atoms with E-state index in [1.807, 2.05) is 11.8 Å². The van der Waals surface area contributed by atoms with Crippen molar-refractivity contribution < 1.29 is 0 Å². The minimum Gasteiger partial charge on any atom is -0.380 e. The molecule has 1 saturated heterocycles. The van der Waals surface area contributed by atoms with E-state index in [1.165, 1.54) is 22.6 Å². The molecule has 3 heteroatoms. The lowest BCUT2D eigenvalue weighted by Gasteiger charge is -2.26. The van der Waals surface area contributed by atoms with Crippen LogP contribution in [0.15, 0.2) is 23.1 Å². The van der Waals surface area contributed by atoms with Crippen LogP contribution in [0, 0.1) is 0 Å². The Bertz CT molecular complexity index is 378. The van der Waals surface area contributed by atoms with E-state index in [0.29, 0.717) is 12.0 Å². The van der Waals surface area contributed by atoms with E-state index in [9.17, 15) is 0 Å². The van der Waals surface area contributed by atoms with Crippen LogP contribution in [-0.4, -0.2) is 25.4 Å². The van der Waals surface area contributed by atoms with E-state index in [-0.39, 0.29) is 0 Å². The second-order valence-electron chi connectivity index (χ2n) is 4.27. The fourth-order valence-electron chi connectivity index (χ4n) is 2.73. The second kappa shape index (κ2) is 3.72. The van der Waals surface area contributed by atoms with Gasteiger partial charge in [-0.15, -0.1) is 11.8 Å². The van der Waals surface area contributed by atoms with Gasteiger partial charge in [-0.1, -0.05) is 12.1 Å². The fraction of sp³-hybridized carbons (Fsp3) is 0.500. The smallest absolute Gasteiger partial charge is 0.0517 e. The number of para-hydroxylation sites is 1. The molecule has 0 aromatic heterocycles. The number of fused-ring (bicyclic) bond motifs is 3. The Labute approximate surface area is 94.8 Å². The monoisotopic (exact) mass is 220 g/mol. The molecule has 0 amide bonds. The standard InChI is InChI=1S/C12H16N2S/c1-15-11-4-2-3-8-9-7-13-6-5-10(9)14-12(8)11/h2-4,9-10,13-14H,5-7H2,1H3. The molecule has 1 fully saturated rings. The lowest BCUT2D eigenvalue weighted by atomic mass is 9.91. The molecule has 0 aliphatic carbocycles. The van der Waals surface area contributed by atoms with Gasteiger partial charge in [0, 0.05) is 23.4 Å². The number of hydrogen-bond acceptors (Lipinski definition) is 3. The fourth-order valence-corrected chi connectivity index (χ4v) is 3.32. The predicted octanol–water partition coefficient (Wildman–Crippen LogP) is 2.28. The molecule has 2 N–H and O–H groups in total. The number of thioether (sulfide) groups is 1. The molecule has 1 aromatic carbocycles. The molecule has 0 bridgehead atoms. The van der Waals surface area contributed by atoms with E-state index in [2.05, 4.69) is 35.1 Å². The van der Waals surface area contributed by atoms with E-state index in [0.717, 1.165) is 13.1 Å². The van der Waals surface area contributed by atoms with Crippen LogP contribution < -0.4 is 10.6 Å². The van der Waals surface area contributed by atoms with Gasteiger partial charge in [-0.25, -0.2) is 0 Å². The van der Waals surface area contributed by atoms with E-state index < -0.39 is 0 Å². The van der Waals surface area contributed by atoms with Crippen molar-refractivity contribution >= 4 is 17.4 Å². The van der Waals surface area contributed by atoms with E-state index in [4.69, 9.17) is 0 Å². The zero-order chi connectivity index (χ0) is 10.3. The normalized spacial score (nSPS) is 28.1. The van der Waals surface area contributed by atoms with Crippen LogP contribution >= 0.6 is 11.8 Å². The quantitative estimate of drug-likeness (QED) is 0.710.